The van der Waals surface area contributed by atoms with Crippen molar-refractivity contribution in [3.63, 3.8) is 0 Å². The first-order chi connectivity index (χ1) is 11.4. The quantitative estimate of drug-likeness (QED) is 0.462. The SMILES string of the molecule is CCCCc1nc(-c2ccccc2)cc2oc3ccccc3c12. The Morgan fingerprint density at radius 3 is 2.52 bits per heavy atom. The number of nitrogens with zero attached hydrogens (tertiary/aromatic N) is 1. The van der Waals surface area contributed by atoms with Crippen molar-refractivity contribution >= 4 is 21.9 Å². The highest BCUT2D eigenvalue weighted by molar-refractivity contribution is 6.06. The van der Waals surface area contributed by atoms with E-state index in [1.807, 2.05) is 30.3 Å². The van der Waals surface area contributed by atoms with Crippen molar-refractivity contribution in [3.05, 3.63) is 66.4 Å². The molecule has 0 saturated carbocycles. The van der Waals surface area contributed by atoms with E-state index >= 15 is 0 Å². The minimum Gasteiger partial charge on any atom is -0.456 e. The van der Waals surface area contributed by atoms with Gasteiger partial charge in [-0.05, 0) is 18.9 Å². The average Bonchev–Trinajstić information content (AvgIpc) is 2.99. The van der Waals surface area contributed by atoms with Crippen molar-refractivity contribution in [2.24, 2.45) is 0 Å². The van der Waals surface area contributed by atoms with Crippen molar-refractivity contribution < 1.29 is 4.42 Å². The van der Waals surface area contributed by atoms with Gasteiger partial charge in [0, 0.05) is 22.4 Å². The van der Waals surface area contributed by atoms with Crippen molar-refractivity contribution in [3.8, 4) is 11.3 Å². The summed E-state index contributed by atoms with van der Waals surface area (Å²) in [4.78, 5) is 4.97. The van der Waals surface area contributed by atoms with Gasteiger partial charge in [-0.15, -0.1) is 0 Å². The van der Waals surface area contributed by atoms with Crippen LogP contribution in [0.4, 0.5) is 0 Å². The molecule has 0 amide bonds. The van der Waals surface area contributed by atoms with E-state index in [9.17, 15) is 0 Å². The summed E-state index contributed by atoms with van der Waals surface area (Å²) >= 11 is 0. The van der Waals surface area contributed by atoms with E-state index in [1.54, 1.807) is 0 Å². The summed E-state index contributed by atoms with van der Waals surface area (Å²) in [6.45, 7) is 2.21. The van der Waals surface area contributed by atoms with Gasteiger partial charge in [-0.2, -0.15) is 0 Å². The average molecular weight is 301 g/mol. The maximum atomic E-state index is 6.10. The van der Waals surface area contributed by atoms with Crippen LogP contribution >= 0.6 is 0 Å². The molecule has 23 heavy (non-hydrogen) atoms. The minimum absolute atomic E-state index is 0.936. The third kappa shape index (κ3) is 2.50. The van der Waals surface area contributed by atoms with Crippen molar-refractivity contribution in [2.75, 3.05) is 0 Å². The summed E-state index contributed by atoms with van der Waals surface area (Å²) in [6.07, 6.45) is 3.28. The molecule has 2 aromatic carbocycles. The third-order valence-corrected chi connectivity index (χ3v) is 4.27. The second-order valence-corrected chi connectivity index (χ2v) is 5.90. The summed E-state index contributed by atoms with van der Waals surface area (Å²) in [5.74, 6) is 0. The molecule has 4 rings (SSSR count). The molecule has 2 nitrogen and oxygen atoms in total. The topological polar surface area (TPSA) is 26.0 Å². The first-order valence-corrected chi connectivity index (χ1v) is 8.23. The molecule has 0 radical (unpaired) electrons. The third-order valence-electron chi connectivity index (χ3n) is 4.27. The Hall–Kier alpha value is -2.61. The molecular formula is C21H19NO. The van der Waals surface area contributed by atoms with Crippen LogP contribution in [0.1, 0.15) is 25.5 Å². The molecule has 0 aliphatic heterocycles. The van der Waals surface area contributed by atoms with Gasteiger partial charge >= 0.3 is 0 Å². The van der Waals surface area contributed by atoms with Crippen LogP contribution in [0, 0.1) is 0 Å². The normalized spacial score (nSPS) is 11.3. The number of furan rings is 1. The highest BCUT2D eigenvalue weighted by Crippen LogP contribution is 2.33. The molecule has 2 heteroatoms. The zero-order valence-electron chi connectivity index (χ0n) is 13.3. The van der Waals surface area contributed by atoms with E-state index in [-0.39, 0.29) is 0 Å². The van der Waals surface area contributed by atoms with Crippen LogP contribution < -0.4 is 0 Å². The van der Waals surface area contributed by atoms with Crippen LogP contribution in [0.2, 0.25) is 0 Å². The Morgan fingerprint density at radius 2 is 1.70 bits per heavy atom. The number of hydrogen-bond acceptors (Lipinski definition) is 2. The Morgan fingerprint density at radius 1 is 0.913 bits per heavy atom. The number of aromatic nitrogens is 1. The molecule has 0 saturated heterocycles. The van der Waals surface area contributed by atoms with Gasteiger partial charge in [-0.25, -0.2) is 0 Å². The van der Waals surface area contributed by atoms with Gasteiger partial charge in [-0.3, -0.25) is 4.98 Å². The summed E-state index contributed by atoms with van der Waals surface area (Å²) in [5.41, 5.74) is 5.14. The minimum atomic E-state index is 0.936. The molecule has 0 fully saturated rings. The van der Waals surface area contributed by atoms with Gasteiger partial charge in [0.15, 0.2) is 0 Å². The van der Waals surface area contributed by atoms with Crippen LogP contribution in [-0.2, 0) is 6.42 Å². The second kappa shape index (κ2) is 5.88. The molecule has 2 heterocycles. The van der Waals surface area contributed by atoms with E-state index in [2.05, 4.69) is 37.3 Å². The monoisotopic (exact) mass is 301 g/mol. The van der Waals surface area contributed by atoms with E-state index in [1.165, 1.54) is 10.8 Å². The number of para-hydroxylation sites is 1. The lowest BCUT2D eigenvalue weighted by Crippen LogP contribution is -1.94. The van der Waals surface area contributed by atoms with Crippen molar-refractivity contribution in [1.82, 2.24) is 4.98 Å². The molecule has 2 aromatic heterocycles. The molecule has 114 valence electrons. The van der Waals surface area contributed by atoms with Gasteiger partial charge in [0.05, 0.1) is 11.4 Å². The van der Waals surface area contributed by atoms with Gasteiger partial charge in [-0.1, -0.05) is 61.9 Å². The van der Waals surface area contributed by atoms with E-state index in [0.717, 1.165) is 47.4 Å². The standard InChI is InChI=1S/C21H19NO/c1-2-3-12-17-21-16-11-7-8-13-19(16)23-20(21)14-18(22-17)15-9-5-4-6-10-15/h4-11,13-14H,2-3,12H2,1H3. The number of unbranched alkanes of at least 4 members (excludes halogenated alkanes) is 1. The molecule has 0 unspecified atom stereocenters. The summed E-state index contributed by atoms with van der Waals surface area (Å²) in [7, 11) is 0. The summed E-state index contributed by atoms with van der Waals surface area (Å²) in [6, 6.07) is 20.6. The zero-order chi connectivity index (χ0) is 15.6. The van der Waals surface area contributed by atoms with Crippen molar-refractivity contribution in [2.45, 2.75) is 26.2 Å². The summed E-state index contributed by atoms with van der Waals surface area (Å²) < 4.78 is 6.10. The first-order valence-electron chi connectivity index (χ1n) is 8.23. The zero-order valence-corrected chi connectivity index (χ0v) is 13.3. The van der Waals surface area contributed by atoms with Crippen LogP contribution in [0.5, 0.6) is 0 Å². The fourth-order valence-electron chi connectivity index (χ4n) is 3.10. The van der Waals surface area contributed by atoms with Gasteiger partial charge < -0.3 is 4.42 Å². The van der Waals surface area contributed by atoms with Gasteiger partial charge in [0.2, 0.25) is 0 Å². The van der Waals surface area contributed by atoms with Crippen LogP contribution in [0.15, 0.2) is 65.1 Å². The smallest absolute Gasteiger partial charge is 0.139 e. The van der Waals surface area contributed by atoms with E-state index in [0.29, 0.717) is 0 Å². The lowest BCUT2D eigenvalue weighted by molar-refractivity contribution is 0.667. The Balaban J connectivity index is 1.99. The van der Waals surface area contributed by atoms with Crippen LogP contribution in [0.25, 0.3) is 33.2 Å². The van der Waals surface area contributed by atoms with E-state index < -0.39 is 0 Å². The predicted octanol–water partition coefficient (Wildman–Crippen LogP) is 5.99. The number of fused-ring (bicyclic) bond motifs is 3. The number of aryl methyl sites for hydroxylation is 1. The van der Waals surface area contributed by atoms with Crippen LogP contribution in [0.3, 0.4) is 0 Å². The Bertz CT molecular complexity index is 954. The first kappa shape index (κ1) is 14.0. The fourth-order valence-corrected chi connectivity index (χ4v) is 3.10. The van der Waals surface area contributed by atoms with E-state index in [4.69, 9.17) is 9.40 Å². The second-order valence-electron chi connectivity index (χ2n) is 5.90. The Kier molecular flexibility index (Phi) is 3.58. The van der Waals surface area contributed by atoms with Gasteiger partial charge in [0.1, 0.15) is 11.2 Å². The summed E-state index contributed by atoms with van der Waals surface area (Å²) in [5, 5.41) is 2.34. The lowest BCUT2D eigenvalue weighted by Gasteiger charge is -2.06. The number of pyridine rings is 1. The number of hydrogen-bond donors (Lipinski definition) is 0. The molecule has 0 N–H and O–H groups in total. The molecule has 0 aliphatic rings. The maximum absolute atomic E-state index is 6.10. The number of rotatable bonds is 4. The lowest BCUT2D eigenvalue weighted by atomic mass is 10.0. The van der Waals surface area contributed by atoms with Gasteiger partial charge in [0.25, 0.3) is 0 Å². The molecule has 0 atom stereocenters. The van der Waals surface area contributed by atoms with Crippen LogP contribution in [-0.4, -0.2) is 4.98 Å². The molecule has 0 spiro atoms. The maximum Gasteiger partial charge on any atom is 0.139 e. The highest BCUT2D eigenvalue weighted by Gasteiger charge is 2.14. The molecule has 0 aliphatic carbocycles. The largest absolute Gasteiger partial charge is 0.456 e. The van der Waals surface area contributed by atoms with Crippen molar-refractivity contribution in [1.29, 1.82) is 0 Å². The molecular weight excluding hydrogens is 282 g/mol. The molecule has 4 aromatic rings. The highest BCUT2D eigenvalue weighted by atomic mass is 16.3. The predicted molar refractivity (Wildman–Crippen MR) is 95.6 cm³/mol. The Labute approximate surface area is 135 Å². The molecule has 0 bridgehead atoms. The fraction of sp³-hybridized carbons (Fsp3) is 0.190. The number of benzene rings is 2.